The molecule has 2 rings (SSSR count). The van der Waals surface area contributed by atoms with E-state index in [2.05, 4.69) is 31.4 Å². The number of nitrogens with one attached hydrogen (secondary N) is 1. The van der Waals surface area contributed by atoms with Crippen LogP contribution in [-0.4, -0.2) is 0 Å². The van der Waals surface area contributed by atoms with E-state index in [0.717, 1.165) is 17.5 Å². The highest BCUT2D eigenvalue weighted by Gasteiger charge is 2.16. The molecule has 2 aromatic rings. The molecule has 1 atom stereocenters. The molecule has 0 aromatic heterocycles. The minimum atomic E-state index is -0.199. The SMILES string of the molecule is Cc1cc(F)ccc1CC(NN)c1c(C)cccc1C. The molecule has 0 saturated heterocycles. The van der Waals surface area contributed by atoms with E-state index in [1.165, 1.54) is 22.8 Å². The first-order valence-electron chi connectivity index (χ1n) is 6.80. The Bertz CT molecular complexity index is 588. The van der Waals surface area contributed by atoms with E-state index < -0.39 is 0 Å². The summed E-state index contributed by atoms with van der Waals surface area (Å²) >= 11 is 0. The van der Waals surface area contributed by atoms with Crippen LogP contribution in [0.3, 0.4) is 0 Å². The van der Waals surface area contributed by atoms with Crippen LogP contribution < -0.4 is 11.3 Å². The molecule has 0 fully saturated rings. The summed E-state index contributed by atoms with van der Waals surface area (Å²) in [6, 6.07) is 11.1. The van der Waals surface area contributed by atoms with Crippen LogP contribution in [0.25, 0.3) is 0 Å². The lowest BCUT2D eigenvalue weighted by atomic mass is 9.91. The number of aryl methyl sites for hydroxylation is 3. The first kappa shape index (κ1) is 14.7. The lowest BCUT2D eigenvalue weighted by molar-refractivity contribution is 0.544. The third kappa shape index (κ3) is 3.06. The summed E-state index contributed by atoms with van der Waals surface area (Å²) in [7, 11) is 0. The van der Waals surface area contributed by atoms with E-state index in [9.17, 15) is 4.39 Å². The lowest BCUT2D eigenvalue weighted by Crippen LogP contribution is -2.31. The summed E-state index contributed by atoms with van der Waals surface area (Å²) in [5, 5.41) is 0. The Hall–Kier alpha value is -1.71. The molecular formula is C17H21FN2. The predicted molar refractivity (Wildman–Crippen MR) is 80.8 cm³/mol. The Labute approximate surface area is 119 Å². The molecular weight excluding hydrogens is 251 g/mol. The van der Waals surface area contributed by atoms with Crippen LogP contribution in [-0.2, 0) is 6.42 Å². The maximum Gasteiger partial charge on any atom is 0.123 e. The van der Waals surface area contributed by atoms with Crippen molar-refractivity contribution in [1.82, 2.24) is 5.43 Å². The van der Waals surface area contributed by atoms with Gasteiger partial charge in [0.15, 0.2) is 0 Å². The molecule has 0 aliphatic carbocycles. The van der Waals surface area contributed by atoms with Crippen LogP contribution in [0.1, 0.15) is 33.9 Å². The molecule has 0 heterocycles. The summed E-state index contributed by atoms with van der Waals surface area (Å²) in [4.78, 5) is 0. The van der Waals surface area contributed by atoms with Crippen LogP contribution in [0.2, 0.25) is 0 Å². The number of rotatable bonds is 4. The third-order valence-electron chi connectivity index (χ3n) is 3.82. The van der Waals surface area contributed by atoms with Gasteiger partial charge in [-0.15, -0.1) is 0 Å². The molecule has 2 aromatic carbocycles. The van der Waals surface area contributed by atoms with Gasteiger partial charge in [-0.05, 0) is 67.1 Å². The van der Waals surface area contributed by atoms with Crippen molar-refractivity contribution in [2.75, 3.05) is 0 Å². The Balaban J connectivity index is 2.34. The Kier molecular flexibility index (Phi) is 4.53. The van der Waals surface area contributed by atoms with Crippen LogP contribution in [0.4, 0.5) is 4.39 Å². The lowest BCUT2D eigenvalue weighted by Gasteiger charge is -2.22. The first-order chi connectivity index (χ1) is 9.52. The van der Waals surface area contributed by atoms with E-state index in [1.807, 2.05) is 19.1 Å². The van der Waals surface area contributed by atoms with E-state index in [0.29, 0.717) is 0 Å². The second-order valence-electron chi connectivity index (χ2n) is 5.30. The molecule has 0 aliphatic heterocycles. The molecule has 2 nitrogen and oxygen atoms in total. The third-order valence-corrected chi connectivity index (χ3v) is 3.82. The van der Waals surface area contributed by atoms with Gasteiger partial charge < -0.3 is 0 Å². The highest BCUT2D eigenvalue weighted by atomic mass is 19.1. The van der Waals surface area contributed by atoms with Crippen molar-refractivity contribution < 1.29 is 4.39 Å². The molecule has 1 unspecified atom stereocenters. The highest BCUT2D eigenvalue weighted by Crippen LogP contribution is 2.25. The van der Waals surface area contributed by atoms with Crippen molar-refractivity contribution in [1.29, 1.82) is 0 Å². The second kappa shape index (κ2) is 6.16. The van der Waals surface area contributed by atoms with E-state index in [-0.39, 0.29) is 11.9 Å². The quantitative estimate of drug-likeness (QED) is 0.660. The van der Waals surface area contributed by atoms with Gasteiger partial charge in [0, 0.05) is 0 Å². The van der Waals surface area contributed by atoms with Gasteiger partial charge in [0.05, 0.1) is 6.04 Å². The zero-order valence-electron chi connectivity index (χ0n) is 12.2. The van der Waals surface area contributed by atoms with Gasteiger partial charge in [0.25, 0.3) is 0 Å². The molecule has 3 N–H and O–H groups in total. The van der Waals surface area contributed by atoms with Crippen molar-refractivity contribution >= 4 is 0 Å². The number of hydrogen-bond acceptors (Lipinski definition) is 2. The molecule has 0 saturated carbocycles. The van der Waals surface area contributed by atoms with Gasteiger partial charge in [-0.25, -0.2) is 4.39 Å². The maximum atomic E-state index is 13.2. The minimum absolute atomic E-state index is 0.0281. The van der Waals surface area contributed by atoms with Gasteiger partial charge in [-0.2, -0.15) is 0 Å². The summed E-state index contributed by atoms with van der Waals surface area (Å²) in [6.07, 6.45) is 0.744. The molecule has 3 heteroatoms. The largest absolute Gasteiger partial charge is 0.271 e. The number of benzene rings is 2. The van der Waals surface area contributed by atoms with Crippen molar-refractivity contribution in [3.8, 4) is 0 Å². The van der Waals surface area contributed by atoms with Gasteiger partial charge in [-0.3, -0.25) is 11.3 Å². The van der Waals surface area contributed by atoms with E-state index in [1.54, 1.807) is 6.07 Å². The minimum Gasteiger partial charge on any atom is -0.271 e. The fourth-order valence-electron chi connectivity index (χ4n) is 2.73. The normalized spacial score (nSPS) is 12.4. The summed E-state index contributed by atoms with van der Waals surface area (Å²) in [5.41, 5.74) is 8.61. The summed E-state index contributed by atoms with van der Waals surface area (Å²) in [6.45, 7) is 6.10. The molecule has 0 aliphatic rings. The topological polar surface area (TPSA) is 38.0 Å². The molecule has 106 valence electrons. The number of hydrogen-bond donors (Lipinski definition) is 2. The average molecular weight is 272 g/mol. The molecule has 0 spiro atoms. The van der Waals surface area contributed by atoms with Crippen molar-refractivity contribution in [3.63, 3.8) is 0 Å². The van der Waals surface area contributed by atoms with E-state index in [4.69, 9.17) is 5.84 Å². The zero-order chi connectivity index (χ0) is 14.7. The molecule has 0 radical (unpaired) electrons. The van der Waals surface area contributed by atoms with Gasteiger partial charge in [-0.1, -0.05) is 24.3 Å². The van der Waals surface area contributed by atoms with Gasteiger partial charge in [0.1, 0.15) is 5.82 Å². The Morgan fingerprint density at radius 1 is 1.05 bits per heavy atom. The highest BCUT2D eigenvalue weighted by molar-refractivity contribution is 5.38. The fourth-order valence-corrected chi connectivity index (χ4v) is 2.73. The van der Waals surface area contributed by atoms with Crippen LogP contribution in [0.15, 0.2) is 36.4 Å². The average Bonchev–Trinajstić information content (AvgIpc) is 2.39. The fraction of sp³-hybridized carbons (Fsp3) is 0.294. The number of halogens is 1. The van der Waals surface area contributed by atoms with Crippen molar-refractivity contribution in [2.45, 2.75) is 33.2 Å². The smallest absolute Gasteiger partial charge is 0.123 e. The van der Waals surface area contributed by atoms with Crippen molar-refractivity contribution in [2.24, 2.45) is 5.84 Å². The maximum absolute atomic E-state index is 13.2. The van der Waals surface area contributed by atoms with Crippen LogP contribution >= 0.6 is 0 Å². The molecule has 0 bridgehead atoms. The number of nitrogens with two attached hydrogens (primary N) is 1. The van der Waals surface area contributed by atoms with Crippen LogP contribution in [0, 0.1) is 26.6 Å². The number of hydrazine groups is 1. The van der Waals surface area contributed by atoms with Crippen LogP contribution in [0.5, 0.6) is 0 Å². The van der Waals surface area contributed by atoms with Crippen molar-refractivity contribution in [3.05, 3.63) is 70.0 Å². The molecule has 0 amide bonds. The van der Waals surface area contributed by atoms with Gasteiger partial charge in [0.2, 0.25) is 0 Å². The Morgan fingerprint density at radius 2 is 1.70 bits per heavy atom. The monoisotopic (exact) mass is 272 g/mol. The standard InChI is InChI=1S/C17H21FN2/c1-11-5-4-6-12(2)17(11)16(20-19)10-14-7-8-15(18)9-13(14)3/h4-9,16,20H,10,19H2,1-3H3. The summed E-state index contributed by atoms with van der Waals surface area (Å²) < 4.78 is 13.2. The van der Waals surface area contributed by atoms with Gasteiger partial charge >= 0.3 is 0 Å². The molecule has 20 heavy (non-hydrogen) atoms. The first-order valence-corrected chi connectivity index (χ1v) is 6.80. The summed E-state index contributed by atoms with van der Waals surface area (Å²) in [5.74, 6) is 5.55. The zero-order valence-corrected chi connectivity index (χ0v) is 12.2. The predicted octanol–water partition coefficient (Wildman–Crippen LogP) is 3.50. The van der Waals surface area contributed by atoms with E-state index >= 15 is 0 Å². The second-order valence-corrected chi connectivity index (χ2v) is 5.30. The Morgan fingerprint density at radius 3 is 2.25 bits per heavy atom.